The smallest absolute Gasteiger partial charge is 0.321 e. The van der Waals surface area contributed by atoms with Crippen molar-refractivity contribution in [3.8, 4) is 0 Å². The first-order valence-electron chi connectivity index (χ1n) is 7.58. The first-order chi connectivity index (χ1) is 11.7. The zero-order valence-corrected chi connectivity index (χ0v) is 13.8. The SMILES string of the molecule is N=C(NCc1cccc2ccccc12)NC(=O)NCc1cccs1. The van der Waals surface area contributed by atoms with Gasteiger partial charge in [0.25, 0.3) is 0 Å². The molecular formula is C18H18N4OS. The van der Waals surface area contributed by atoms with Gasteiger partial charge in [-0.15, -0.1) is 11.3 Å². The van der Waals surface area contributed by atoms with Crippen LogP contribution in [0.3, 0.4) is 0 Å². The number of carbonyl (C=O) groups is 1. The number of nitrogens with one attached hydrogen (secondary N) is 4. The topological polar surface area (TPSA) is 77.0 Å². The molecule has 122 valence electrons. The van der Waals surface area contributed by atoms with Gasteiger partial charge >= 0.3 is 6.03 Å². The van der Waals surface area contributed by atoms with E-state index in [1.807, 2.05) is 41.8 Å². The number of benzene rings is 2. The van der Waals surface area contributed by atoms with E-state index < -0.39 is 0 Å². The van der Waals surface area contributed by atoms with Gasteiger partial charge in [0.05, 0.1) is 6.54 Å². The van der Waals surface area contributed by atoms with Crippen molar-refractivity contribution in [2.45, 2.75) is 13.1 Å². The van der Waals surface area contributed by atoms with Gasteiger partial charge in [0.15, 0.2) is 5.96 Å². The van der Waals surface area contributed by atoms with E-state index >= 15 is 0 Å². The first kappa shape index (κ1) is 16.0. The summed E-state index contributed by atoms with van der Waals surface area (Å²) in [6, 6.07) is 17.7. The second kappa shape index (κ2) is 7.61. The number of hydrogen-bond donors (Lipinski definition) is 4. The Labute approximate surface area is 144 Å². The maximum Gasteiger partial charge on any atom is 0.321 e. The van der Waals surface area contributed by atoms with Gasteiger partial charge in [-0.05, 0) is 27.8 Å². The van der Waals surface area contributed by atoms with E-state index in [2.05, 4.69) is 34.1 Å². The molecule has 0 spiro atoms. The van der Waals surface area contributed by atoms with Crippen LogP contribution in [0, 0.1) is 5.41 Å². The minimum atomic E-state index is -0.390. The molecule has 2 aromatic carbocycles. The largest absolute Gasteiger partial charge is 0.352 e. The fraction of sp³-hybridized carbons (Fsp3) is 0.111. The molecule has 0 unspecified atom stereocenters. The highest BCUT2D eigenvalue weighted by molar-refractivity contribution is 7.09. The van der Waals surface area contributed by atoms with E-state index in [9.17, 15) is 4.79 Å². The Morgan fingerprint density at radius 1 is 0.958 bits per heavy atom. The summed E-state index contributed by atoms with van der Waals surface area (Å²) in [5.74, 6) is -0.0217. The average Bonchev–Trinajstić information content (AvgIpc) is 3.11. The van der Waals surface area contributed by atoms with Crippen molar-refractivity contribution >= 4 is 34.1 Å². The van der Waals surface area contributed by atoms with Crippen molar-refractivity contribution in [2.24, 2.45) is 0 Å². The Hall–Kier alpha value is -2.86. The number of fused-ring (bicyclic) bond motifs is 1. The molecule has 6 heteroatoms. The molecule has 0 bridgehead atoms. The van der Waals surface area contributed by atoms with Crippen LogP contribution in [0.4, 0.5) is 4.79 Å². The van der Waals surface area contributed by atoms with E-state index in [0.29, 0.717) is 13.1 Å². The molecule has 0 saturated heterocycles. The summed E-state index contributed by atoms with van der Waals surface area (Å²) < 4.78 is 0. The monoisotopic (exact) mass is 338 g/mol. The van der Waals surface area contributed by atoms with Gasteiger partial charge < -0.3 is 10.6 Å². The summed E-state index contributed by atoms with van der Waals surface area (Å²) in [5.41, 5.74) is 1.08. The third kappa shape index (κ3) is 4.11. The zero-order chi connectivity index (χ0) is 16.8. The molecule has 3 rings (SSSR count). The van der Waals surface area contributed by atoms with E-state index in [0.717, 1.165) is 21.2 Å². The predicted molar refractivity (Wildman–Crippen MR) is 98.2 cm³/mol. The number of urea groups is 1. The summed E-state index contributed by atoms with van der Waals surface area (Å²) in [4.78, 5) is 12.8. The first-order valence-corrected chi connectivity index (χ1v) is 8.46. The summed E-state index contributed by atoms with van der Waals surface area (Å²) in [6.45, 7) is 0.936. The Bertz CT molecular complexity index is 840. The summed E-state index contributed by atoms with van der Waals surface area (Å²) in [6.07, 6.45) is 0. The number of hydrogen-bond acceptors (Lipinski definition) is 3. The molecule has 0 radical (unpaired) electrons. The fourth-order valence-electron chi connectivity index (χ4n) is 2.41. The third-order valence-corrected chi connectivity index (χ3v) is 4.45. The van der Waals surface area contributed by atoms with Crippen molar-refractivity contribution in [3.63, 3.8) is 0 Å². The van der Waals surface area contributed by atoms with Gasteiger partial charge in [0, 0.05) is 11.4 Å². The normalized spacial score (nSPS) is 10.3. The molecule has 0 aliphatic rings. The average molecular weight is 338 g/mol. The van der Waals surface area contributed by atoms with Gasteiger partial charge in [-0.2, -0.15) is 0 Å². The zero-order valence-electron chi connectivity index (χ0n) is 13.0. The van der Waals surface area contributed by atoms with Crippen LogP contribution in [0.25, 0.3) is 10.8 Å². The molecule has 4 N–H and O–H groups in total. The summed E-state index contributed by atoms with van der Waals surface area (Å²) >= 11 is 1.58. The molecule has 0 saturated carbocycles. The second-order valence-corrected chi connectivity index (χ2v) is 6.29. The molecule has 1 aromatic heterocycles. The van der Waals surface area contributed by atoms with Crippen LogP contribution in [0.5, 0.6) is 0 Å². The van der Waals surface area contributed by atoms with Crippen LogP contribution in [0.15, 0.2) is 60.0 Å². The fourth-order valence-corrected chi connectivity index (χ4v) is 3.06. The van der Waals surface area contributed by atoms with Crippen molar-refractivity contribution in [3.05, 3.63) is 70.4 Å². The van der Waals surface area contributed by atoms with Gasteiger partial charge in [-0.3, -0.25) is 10.7 Å². The van der Waals surface area contributed by atoms with Crippen molar-refractivity contribution in [1.29, 1.82) is 5.41 Å². The van der Waals surface area contributed by atoms with Crippen LogP contribution in [0.1, 0.15) is 10.4 Å². The quantitative estimate of drug-likeness (QED) is 0.434. The van der Waals surface area contributed by atoms with Crippen LogP contribution in [0.2, 0.25) is 0 Å². The highest BCUT2D eigenvalue weighted by Gasteiger charge is 2.05. The molecule has 24 heavy (non-hydrogen) atoms. The number of rotatable bonds is 4. The van der Waals surface area contributed by atoms with Crippen molar-refractivity contribution < 1.29 is 4.79 Å². The lowest BCUT2D eigenvalue weighted by Crippen LogP contribution is -2.44. The highest BCUT2D eigenvalue weighted by atomic mass is 32.1. The van der Waals surface area contributed by atoms with Gasteiger partial charge in [-0.1, -0.05) is 48.5 Å². The lowest BCUT2D eigenvalue weighted by molar-refractivity contribution is 0.244. The van der Waals surface area contributed by atoms with Crippen LogP contribution in [-0.4, -0.2) is 12.0 Å². The standard InChI is InChI=1S/C18H18N4OS/c19-17(22-18(23)21-12-15-8-4-10-24-15)20-11-14-7-3-6-13-5-1-2-9-16(13)14/h1-10H,11-12H2,(H4,19,20,21,22,23). The molecule has 1 heterocycles. The molecule has 0 aliphatic heterocycles. The van der Waals surface area contributed by atoms with Gasteiger partial charge in [0.1, 0.15) is 0 Å². The van der Waals surface area contributed by atoms with Crippen LogP contribution < -0.4 is 16.0 Å². The summed E-state index contributed by atoms with van der Waals surface area (Å²) in [7, 11) is 0. The minimum Gasteiger partial charge on any atom is -0.352 e. The van der Waals surface area contributed by atoms with Crippen LogP contribution >= 0.6 is 11.3 Å². The summed E-state index contributed by atoms with van der Waals surface area (Å²) in [5, 5.41) is 20.2. The van der Waals surface area contributed by atoms with Gasteiger partial charge in [-0.25, -0.2) is 4.79 Å². The molecular weight excluding hydrogens is 320 g/mol. The number of thiophene rings is 1. The lowest BCUT2D eigenvalue weighted by atomic mass is 10.0. The maximum atomic E-state index is 11.8. The Kier molecular flexibility index (Phi) is 5.08. The second-order valence-electron chi connectivity index (χ2n) is 5.25. The van der Waals surface area contributed by atoms with Crippen molar-refractivity contribution in [2.75, 3.05) is 0 Å². The molecule has 0 aliphatic carbocycles. The molecule has 0 fully saturated rings. The van der Waals surface area contributed by atoms with E-state index in [1.54, 1.807) is 11.3 Å². The number of amides is 2. The maximum absolute atomic E-state index is 11.8. The van der Waals surface area contributed by atoms with E-state index in [-0.39, 0.29) is 12.0 Å². The molecule has 5 nitrogen and oxygen atoms in total. The van der Waals surface area contributed by atoms with Gasteiger partial charge in [0.2, 0.25) is 0 Å². The van der Waals surface area contributed by atoms with E-state index in [1.165, 1.54) is 0 Å². The Morgan fingerprint density at radius 2 is 1.79 bits per heavy atom. The lowest BCUT2D eigenvalue weighted by Gasteiger charge is -2.11. The number of guanidine groups is 1. The Morgan fingerprint density at radius 3 is 2.62 bits per heavy atom. The van der Waals surface area contributed by atoms with Crippen LogP contribution in [-0.2, 0) is 13.1 Å². The number of carbonyl (C=O) groups excluding carboxylic acids is 1. The Balaban J connectivity index is 1.50. The molecule has 3 aromatic rings. The minimum absolute atomic E-state index is 0.0217. The predicted octanol–water partition coefficient (Wildman–Crippen LogP) is 3.43. The molecule has 0 atom stereocenters. The molecule has 2 amide bonds. The van der Waals surface area contributed by atoms with E-state index in [4.69, 9.17) is 5.41 Å². The third-order valence-electron chi connectivity index (χ3n) is 3.58. The van der Waals surface area contributed by atoms with Crippen molar-refractivity contribution in [1.82, 2.24) is 16.0 Å². The highest BCUT2D eigenvalue weighted by Crippen LogP contribution is 2.18.